The summed E-state index contributed by atoms with van der Waals surface area (Å²) >= 11 is 4.84. The van der Waals surface area contributed by atoms with Crippen LogP contribution in [0.3, 0.4) is 0 Å². The Morgan fingerprint density at radius 2 is 1.73 bits per heavy atom. The lowest BCUT2D eigenvalue weighted by molar-refractivity contribution is 0.440. The summed E-state index contributed by atoms with van der Waals surface area (Å²) in [5.74, 6) is 0. The van der Waals surface area contributed by atoms with Crippen LogP contribution < -0.4 is 0 Å². The van der Waals surface area contributed by atoms with Crippen molar-refractivity contribution in [2.75, 3.05) is 0 Å². The van der Waals surface area contributed by atoms with E-state index in [0.717, 1.165) is 19.3 Å². The first-order chi connectivity index (χ1) is 5.17. The number of hydrogen-bond acceptors (Lipinski definition) is 3. The van der Waals surface area contributed by atoms with Crippen molar-refractivity contribution < 1.29 is 12.2 Å². The van der Waals surface area contributed by atoms with E-state index in [-0.39, 0.29) is 5.25 Å². The standard InChI is InChI=1S/C6H11ClO3S/c7-10-11(8,9)6-4-2-1-3-5-6/h6H,1-5H2. The van der Waals surface area contributed by atoms with Gasteiger partial charge >= 0.3 is 0 Å². The fourth-order valence-corrected chi connectivity index (χ4v) is 2.73. The Kier molecular flexibility index (Phi) is 3.16. The van der Waals surface area contributed by atoms with E-state index in [4.69, 9.17) is 11.9 Å². The van der Waals surface area contributed by atoms with Crippen LogP contribution in [0.5, 0.6) is 0 Å². The summed E-state index contributed by atoms with van der Waals surface area (Å²) in [6, 6.07) is 0. The Bertz CT molecular complexity index is 206. The van der Waals surface area contributed by atoms with Gasteiger partial charge in [-0.05, 0) is 12.8 Å². The summed E-state index contributed by atoms with van der Waals surface area (Å²) in [6.45, 7) is 0. The van der Waals surface area contributed by atoms with Crippen LogP contribution in [-0.4, -0.2) is 13.7 Å². The molecular weight excluding hydrogens is 188 g/mol. The molecule has 1 saturated carbocycles. The minimum Gasteiger partial charge on any atom is -0.198 e. The van der Waals surface area contributed by atoms with Gasteiger partial charge in [0.15, 0.2) is 0 Å². The maximum Gasteiger partial charge on any atom is 0.286 e. The molecule has 11 heavy (non-hydrogen) atoms. The molecule has 0 aromatic rings. The number of hydrogen-bond donors (Lipinski definition) is 0. The van der Waals surface area contributed by atoms with Gasteiger partial charge in [-0.2, -0.15) is 12.2 Å². The van der Waals surface area contributed by atoms with E-state index in [1.54, 1.807) is 0 Å². The van der Waals surface area contributed by atoms with E-state index in [9.17, 15) is 8.42 Å². The monoisotopic (exact) mass is 198 g/mol. The summed E-state index contributed by atoms with van der Waals surface area (Å²) in [6.07, 6.45) is 4.42. The highest BCUT2D eigenvalue weighted by atomic mass is 35.5. The van der Waals surface area contributed by atoms with Crippen LogP contribution in [-0.2, 0) is 13.9 Å². The molecule has 0 heterocycles. The topological polar surface area (TPSA) is 43.4 Å². The van der Waals surface area contributed by atoms with Crippen LogP contribution in [0.2, 0.25) is 0 Å². The van der Waals surface area contributed by atoms with Gasteiger partial charge in [0.25, 0.3) is 10.1 Å². The predicted molar refractivity (Wildman–Crippen MR) is 42.7 cm³/mol. The predicted octanol–water partition coefficient (Wildman–Crippen LogP) is 1.82. The first-order valence-corrected chi connectivity index (χ1v) is 5.49. The summed E-state index contributed by atoms with van der Waals surface area (Å²) in [7, 11) is -3.46. The zero-order valence-corrected chi connectivity index (χ0v) is 7.70. The Morgan fingerprint density at radius 3 is 2.18 bits per heavy atom. The largest absolute Gasteiger partial charge is 0.286 e. The van der Waals surface area contributed by atoms with Gasteiger partial charge < -0.3 is 0 Å². The number of halogens is 1. The number of rotatable bonds is 2. The van der Waals surface area contributed by atoms with Gasteiger partial charge in [-0.3, -0.25) is 0 Å². The van der Waals surface area contributed by atoms with Crippen LogP contribution >= 0.6 is 11.9 Å². The Labute approximate surface area is 72.0 Å². The molecule has 0 radical (unpaired) electrons. The van der Waals surface area contributed by atoms with Gasteiger partial charge in [0.05, 0.1) is 17.1 Å². The molecule has 3 nitrogen and oxygen atoms in total. The lowest BCUT2D eigenvalue weighted by Crippen LogP contribution is -2.23. The summed E-state index contributed by atoms with van der Waals surface area (Å²) < 4.78 is 25.9. The normalized spacial score (nSPS) is 21.9. The fraction of sp³-hybridized carbons (Fsp3) is 1.00. The van der Waals surface area contributed by atoms with Crippen molar-refractivity contribution in [3.8, 4) is 0 Å². The van der Waals surface area contributed by atoms with E-state index in [1.165, 1.54) is 0 Å². The molecule has 66 valence electrons. The van der Waals surface area contributed by atoms with Crippen molar-refractivity contribution in [2.45, 2.75) is 37.4 Å². The van der Waals surface area contributed by atoms with Gasteiger partial charge in [0.1, 0.15) is 0 Å². The highest BCUT2D eigenvalue weighted by molar-refractivity contribution is 7.88. The third-order valence-electron chi connectivity index (χ3n) is 2.05. The summed E-state index contributed by atoms with van der Waals surface area (Å²) in [5.41, 5.74) is 0. The zero-order valence-electron chi connectivity index (χ0n) is 6.12. The molecule has 0 aromatic carbocycles. The highest BCUT2D eigenvalue weighted by Gasteiger charge is 2.27. The van der Waals surface area contributed by atoms with E-state index in [2.05, 4.69) is 3.74 Å². The third-order valence-corrected chi connectivity index (χ3v) is 4.04. The van der Waals surface area contributed by atoms with Gasteiger partial charge in [0, 0.05) is 0 Å². The minimum atomic E-state index is -3.46. The molecule has 0 saturated heterocycles. The van der Waals surface area contributed by atoms with Crippen LogP contribution in [0.15, 0.2) is 0 Å². The van der Waals surface area contributed by atoms with Crippen molar-refractivity contribution in [1.29, 1.82) is 0 Å². The molecule has 0 spiro atoms. The SMILES string of the molecule is O=S(=O)(OCl)C1CCCCC1. The molecule has 0 aromatic heterocycles. The maximum atomic E-state index is 11.0. The first kappa shape index (κ1) is 9.29. The van der Waals surface area contributed by atoms with E-state index < -0.39 is 10.1 Å². The van der Waals surface area contributed by atoms with Crippen molar-refractivity contribution in [1.82, 2.24) is 0 Å². The lowest BCUT2D eigenvalue weighted by Gasteiger charge is -2.18. The average molecular weight is 199 g/mol. The molecule has 0 N–H and O–H groups in total. The Morgan fingerprint density at radius 1 is 1.18 bits per heavy atom. The molecular formula is C6H11ClO3S. The summed E-state index contributed by atoms with van der Waals surface area (Å²) in [5, 5.41) is -0.367. The Balaban J connectivity index is 2.58. The van der Waals surface area contributed by atoms with Crippen LogP contribution in [0, 0.1) is 0 Å². The lowest BCUT2D eigenvalue weighted by atomic mass is 10.0. The van der Waals surface area contributed by atoms with Crippen LogP contribution in [0.4, 0.5) is 0 Å². The molecule has 1 aliphatic rings. The van der Waals surface area contributed by atoms with Gasteiger partial charge in [-0.1, -0.05) is 19.3 Å². The zero-order chi connectivity index (χ0) is 8.32. The molecule has 1 aliphatic carbocycles. The second kappa shape index (κ2) is 3.74. The van der Waals surface area contributed by atoms with Gasteiger partial charge in [0.2, 0.25) is 0 Å². The smallest absolute Gasteiger partial charge is 0.198 e. The van der Waals surface area contributed by atoms with Crippen molar-refractivity contribution >= 4 is 22.0 Å². The van der Waals surface area contributed by atoms with Crippen molar-refractivity contribution in [3.63, 3.8) is 0 Å². The van der Waals surface area contributed by atoms with E-state index in [1.807, 2.05) is 0 Å². The molecule has 5 heteroatoms. The molecule has 0 unspecified atom stereocenters. The van der Waals surface area contributed by atoms with Gasteiger partial charge in [-0.25, -0.2) is 0 Å². The molecule has 0 aliphatic heterocycles. The molecule has 0 amide bonds. The van der Waals surface area contributed by atoms with E-state index >= 15 is 0 Å². The quantitative estimate of drug-likeness (QED) is 0.680. The van der Waals surface area contributed by atoms with Crippen LogP contribution in [0.1, 0.15) is 32.1 Å². The molecule has 1 rings (SSSR count). The first-order valence-electron chi connectivity index (χ1n) is 3.71. The van der Waals surface area contributed by atoms with Crippen molar-refractivity contribution in [2.24, 2.45) is 0 Å². The molecule has 0 bridgehead atoms. The molecule has 1 fully saturated rings. The van der Waals surface area contributed by atoms with Crippen LogP contribution in [0.25, 0.3) is 0 Å². The van der Waals surface area contributed by atoms with Gasteiger partial charge in [-0.15, -0.1) is 0 Å². The second-order valence-corrected chi connectivity index (χ2v) is 4.97. The molecule has 0 atom stereocenters. The third kappa shape index (κ3) is 2.32. The summed E-state index contributed by atoms with van der Waals surface area (Å²) in [4.78, 5) is 0. The average Bonchev–Trinajstić information content (AvgIpc) is 2.06. The Hall–Kier alpha value is 0.200. The second-order valence-electron chi connectivity index (χ2n) is 2.82. The minimum absolute atomic E-state index is 0.367. The van der Waals surface area contributed by atoms with E-state index in [0.29, 0.717) is 12.8 Å². The maximum absolute atomic E-state index is 11.0. The van der Waals surface area contributed by atoms with Crippen molar-refractivity contribution in [3.05, 3.63) is 0 Å². The highest BCUT2D eigenvalue weighted by Crippen LogP contribution is 2.24. The fourth-order valence-electron chi connectivity index (χ4n) is 1.41.